The van der Waals surface area contributed by atoms with Gasteiger partial charge in [0.15, 0.2) is 17.5 Å². The second-order valence-electron chi connectivity index (χ2n) is 13.6. The minimum absolute atomic E-state index is 0.386. The summed E-state index contributed by atoms with van der Waals surface area (Å²) in [6.45, 7) is 0. The van der Waals surface area contributed by atoms with Crippen molar-refractivity contribution in [3.8, 4) is 28.5 Å². The van der Waals surface area contributed by atoms with Crippen LogP contribution in [0, 0.1) is 5.92 Å². The topological polar surface area (TPSA) is 56.7 Å². The first-order valence-electron chi connectivity index (χ1n) is 17.7. The van der Waals surface area contributed by atoms with E-state index in [9.17, 15) is 0 Å². The van der Waals surface area contributed by atoms with Gasteiger partial charge in [-0.1, -0.05) is 121 Å². The number of furan rings is 1. The molecule has 0 spiro atoms. The number of aromatic nitrogens is 4. The summed E-state index contributed by atoms with van der Waals surface area (Å²) >= 11 is 0. The summed E-state index contributed by atoms with van der Waals surface area (Å²) in [5.74, 6) is 2.31. The Balaban J connectivity index is 1.14. The van der Waals surface area contributed by atoms with Crippen LogP contribution in [0.4, 0.5) is 0 Å². The zero-order valence-corrected chi connectivity index (χ0v) is 28.1. The van der Waals surface area contributed by atoms with Gasteiger partial charge in [0.1, 0.15) is 11.2 Å². The van der Waals surface area contributed by atoms with Crippen LogP contribution in [0.15, 0.2) is 174 Å². The fourth-order valence-electron chi connectivity index (χ4n) is 8.12. The van der Waals surface area contributed by atoms with E-state index in [1.807, 2.05) is 30.3 Å². The van der Waals surface area contributed by atoms with Gasteiger partial charge in [-0.05, 0) is 65.2 Å². The molecule has 0 bridgehead atoms. The minimum Gasteiger partial charge on any atom is -0.456 e. The first-order valence-corrected chi connectivity index (χ1v) is 17.7. The smallest absolute Gasteiger partial charge is 0.164 e. The Hall–Kier alpha value is -6.85. The maximum atomic E-state index is 6.52. The van der Waals surface area contributed by atoms with Crippen LogP contribution in [0.2, 0.25) is 0 Å². The maximum absolute atomic E-state index is 6.52. The summed E-state index contributed by atoms with van der Waals surface area (Å²) < 4.78 is 8.90. The number of allylic oxidation sites excluding steroid dienone is 8. The van der Waals surface area contributed by atoms with Crippen molar-refractivity contribution in [1.82, 2.24) is 19.5 Å². The Morgan fingerprint density at radius 2 is 1.42 bits per heavy atom. The molecule has 0 radical (unpaired) electrons. The second kappa shape index (κ2) is 11.3. The van der Waals surface area contributed by atoms with Crippen molar-refractivity contribution in [3.63, 3.8) is 0 Å². The van der Waals surface area contributed by atoms with E-state index < -0.39 is 0 Å². The molecule has 1 unspecified atom stereocenters. The van der Waals surface area contributed by atoms with Crippen LogP contribution >= 0.6 is 0 Å². The lowest BCUT2D eigenvalue weighted by molar-refractivity contribution is 0.669. The Morgan fingerprint density at radius 1 is 0.596 bits per heavy atom. The third-order valence-electron chi connectivity index (χ3n) is 10.6. The molecule has 5 heteroatoms. The van der Waals surface area contributed by atoms with Crippen LogP contribution in [-0.2, 0) is 0 Å². The minimum atomic E-state index is 0.386. The van der Waals surface area contributed by atoms with E-state index in [0.29, 0.717) is 23.4 Å². The van der Waals surface area contributed by atoms with Gasteiger partial charge in [-0.25, -0.2) is 15.0 Å². The van der Waals surface area contributed by atoms with E-state index >= 15 is 0 Å². The van der Waals surface area contributed by atoms with Gasteiger partial charge in [-0.2, -0.15) is 0 Å². The Kier molecular flexibility index (Phi) is 6.31. The summed E-state index contributed by atoms with van der Waals surface area (Å²) in [6, 6.07) is 44.6. The number of nitrogens with zero attached hydrogens (tertiary/aromatic N) is 4. The molecule has 1 atom stereocenters. The van der Waals surface area contributed by atoms with Gasteiger partial charge in [0.25, 0.3) is 0 Å². The van der Waals surface area contributed by atoms with Crippen LogP contribution in [-0.4, -0.2) is 19.5 Å². The summed E-state index contributed by atoms with van der Waals surface area (Å²) in [4.78, 5) is 15.4. The number of benzene rings is 6. The van der Waals surface area contributed by atoms with Crippen molar-refractivity contribution in [1.29, 1.82) is 0 Å². The average Bonchev–Trinajstić information content (AvgIpc) is 3.76. The molecule has 244 valence electrons. The number of fused-ring (bicyclic) bond motifs is 9. The predicted molar refractivity (Wildman–Crippen MR) is 212 cm³/mol. The van der Waals surface area contributed by atoms with Gasteiger partial charge >= 0.3 is 0 Å². The molecule has 0 N–H and O–H groups in total. The van der Waals surface area contributed by atoms with E-state index in [-0.39, 0.29) is 0 Å². The number of rotatable bonds is 4. The zero-order chi connectivity index (χ0) is 34.2. The van der Waals surface area contributed by atoms with Crippen LogP contribution in [0.3, 0.4) is 0 Å². The molecule has 0 saturated heterocycles. The second-order valence-corrected chi connectivity index (χ2v) is 13.6. The summed E-state index contributed by atoms with van der Waals surface area (Å²) in [7, 11) is 0. The molecule has 0 aliphatic heterocycles. The van der Waals surface area contributed by atoms with Crippen molar-refractivity contribution in [2.75, 3.05) is 0 Å². The SMILES string of the molecule is C1=CC2=CC(c3nc(-c4ccccc4)nc(-c4cccc5oc6ccc(-n7c8ccccc8c8c9ccccc9ccc87)cc6c45)n3)=CCC2C=C1. The van der Waals surface area contributed by atoms with Crippen molar-refractivity contribution >= 4 is 60.1 Å². The molecule has 11 rings (SSSR count). The quantitative estimate of drug-likeness (QED) is 0.188. The van der Waals surface area contributed by atoms with Gasteiger partial charge < -0.3 is 8.98 Å². The van der Waals surface area contributed by atoms with Crippen molar-refractivity contribution in [3.05, 3.63) is 175 Å². The predicted octanol–water partition coefficient (Wildman–Crippen LogP) is 11.8. The Bertz CT molecular complexity index is 3050. The monoisotopic (exact) mass is 666 g/mol. The molecule has 6 aromatic carbocycles. The summed E-state index contributed by atoms with van der Waals surface area (Å²) in [6.07, 6.45) is 14.0. The molecule has 2 aliphatic rings. The van der Waals surface area contributed by atoms with E-state index in [1.54, 1.807) is 0 Å². The molecule has 0 amide bonds. The van der Waals surface area contributed by atoms with E-state index in [1.165, 1.54) is 32.6 Å². The molecular formula is C47H30N4O. The third-order valence-corrected chi connectivity index (χ3v) is 10.6. The molecule has 3 heterocycles. The molecule has 0 fully saturated rings. The molecule has 52 heavy (non-hydrogen) atoms. The highest BCUT2D eigenvalue weighted by Gasteiger charge is 2.22. The van der Waals surface area contributed by atoms with Gasteiger partial charge in [-0.3, -0.25) is 0 Å². The Morgan fingerprint density at radius 3 is 2.37 bits per heavy atom. The van der Waals surface area contributed by atoms with E-state index in [0.717, 1.165) is 56.3 Å². The number of hydrogen-bond donors (Lipinski definition) is 0. The molecule has 0 saturated carbocycles. The molecule has 3 aromatic heterocycles. The first kappa shape index (κ1) is 28.9. The normalized spacial score (nSPS) is 15.5. The highest BCUT2D eigenvalue weighted by Crippen LogP contribution is 2.41. The van der Waals surface area contributed by atoms with E-state index in [2.05, 4.69) is 138 Å². The summed E-state index contributed by atoms with van der Waals surface area (Å²) in [5, 5.41) is 6.98. The van der Waals surface area contributed by atoms with Gasteiger partial charge in [0, 0.05) is 49.9 Å². The van der Waals surface area contributed by atoms with Gasteiger partial charge in [0.05, 0.1) is 11.0 Å². The molecule has 2 aliphatic carbocycles. The van der Waals surface area contributed by atoms with Gasteiger partial charge in [-0.15, -0.1) is 0 Å². The number of para-hydroxylation sites is 1. The summed E-state index contributed by atoms with van der Waals surface area (Å²) in [5.41, 5.74) is 9.15. The van der Waals surface area contributed by atoms with Crippen molar-refractivity contribution in [2.45, 2.75) is 6.42 Å². The highest BCUT2D eigenvalue weighted by atomic mass is 16.3. The van der Waals surface area contributed by atoms with Crippen LogP contribution in [0.5, 0.6) is 0 Å². The van der Waals surface area contributed by atoms with Crippen molar-refractivity contribution in [2.24, 2.45) is 5.92 Å². The zero-order valence-electron chi connectivity index (χ0n) is 28.1. The molecular weight excluding hydrogens is 637 g/mol. The fourth-order valence-corrected chi connectivity index (χ4v) is 8.12. The van der Waals surface area contributed by atoms with Crippen LogP contribution in [0.1, 0.15) is 12.2 Å². The lowest BCUT2D eigenvalue weighted by Crippen LogP contribution is -2.08. The maximum Gasteiger partial charge on any atom is 0.164 e. The lowest BCUT2D eigenvalue weighted by Gasteiger charge is -2.20. The van der Waals surface area contributed by atoms with Crippen LogP contribution in [0.25, 0.3) is 88.6 Å². The number of hydrogen-bond acceptors (Lipinski definition) is 4. The third kappa shape index (κ3) is 4.46. The molecule has 5 nitrogen and oxygen atoms in total. The average molecular weight is 667 g/mol. The fraction of sp³-hybridized carbons (Fsp3) is 0.0426. The molecule has 9 aromatic rings. The first-order chi connectivity index (χ1) is 25.8. The van der Waals surface area contributed by atoms with Crippen molar-refractivity contribution < 1.29 is 4.42 Å². The largest absolute Gasteiger partial charge is 0.456 e. The van der Waals surface area contributed by atoms with E-state index in [4.69, 9.17) is 19.4 Å². The van der Waals surface area contributed by atoms with Crippen LogP contribution < -0.4 is 0 Å². The highest BCUT2D eigenvalue weighted by molar-refractivity contribution is 6.21. The lowest BCUT2D eigenvalue weighted by atomic mass is 9.85. The Labute approximate surface area is 299 Å². The standard InChI is InChI=1S/C47H30N4O/c1-2-13-31(14-3-1)45-48-46(33-22-21-29-11-4-5-15-32(29)27-33)50-47(49-45)37-18-10-20-42-44(37)38-28-34(24-26-41(38)52-42)51-39-19-9-8-17-36(39)43-35-16-7-6-12-30(35)23-25-40(43)51/h1-20,22-29H,21H2. The van der Waals surface area contributed by atoms with Gasteiger partial charge in [0.2, 0.25) is 0 Å².